The second-order valence-corrected chi connectivity index (χ2v) is 22.9. The van der Waals surface area contributed by atoms with Crippen molar-refractivity contribution in [2.75, 3.05) is 65.3 Å². The van der Waals surface area contributed by atoms with E-state index >= 15 is 0 Å². The molecule has 0 saturated carbocycles. The molecule has 27 heteroatoms. The second kappa shape index (κ2) is 31.2. The lowest BCUT2D eigenvalue weighted by atomic mass is 9.83. The van der Waals surface area contributed by atoms with E-state index in [-0.39, 0.29) is 75.8 Å². The number of nitrogens with zero attached hydrogens (tertiary/aromatic N) is 3. The number of esters is 1. The number of allylic oxidation sites excluding steroid dienone is 3. The molecule has 9 amide bonds. The molecular weight excluding hydrogens is 1140 g/mol. The Morgan fingerprint density at radius 3 is 2.35 bits per heavy atom. The molecule has 9 N–H and O–H groups in total. The van der Waals surface area contributed by atoms with E-state index in [4.69, 9.17) is 45.8 Å². The lowest BCUT2D eigenvalue weighted by molar-refractivity contribution is -0.162. The van der Waals surface area contributed by atoms with E-state index in [1.165, 1.54) is 63.1 Å². The fourth-order valence-corrected chi connectivity index (χ4v) is 10.2. The zero-order valence-corrected chi connectivity index (χ0v) is 51.4. The lowest BCUT2D eigenvalue weighted by Gasteiger charge is -2.41. The summed E-state index contributed by atoms with van der Waals surface area (Å²) in [7, 11) is 7.33. The zero-order chi connectivity index (χ0) is 63.8. The molecule has 10 atom stereocenters. The SMILES string of the molecule is COCCC(=O)N[C@H](C(=O)N[C@@H](CCCNC(N)=O)C(=O)Nc1ccc(COC(=O)N(C)CCCC(=O)N(C)[C@@H](C)C(=O)O[C@H]2CC(=O)N(C)c3cc(cc(OC)c3Cl)C/C(C)=C/C=C/[C@@H](O)[C@@]3(O)C[C@H](OC(=O)N3)[C@@H](C)C3O[C@]32C)cc1)C(C)C. The first-order valence-corrected chi connectivity index (χ1v) is 28.8. The summed E-state index contributed by atoms with van der Waals surface area (Å²) < 4.78 is 34.0. The Hall–Kier alpha value is -7.52. The molecule has 3 heterocycles. The van der Waals surface area contributed by atoms with Crippen LogP contribution in [0.2, 0.25) is 5.02 Å². The molecule has 2 aromatic rings. The quantitative estimate of drug-likeness (QED) is 0.0338. The maximum absolute atomic E-state index is 14.4. The Morgan fingerprint density at radius 2 is 1.70 bits per heavy atom. The highest BCUT2D eigenvalue weighted by Crippen LogP contribution is 2.49. The summed E-state index contributed by atoms with van der Waals surface area (Å²) in [4.78, 5) is 122. The third-order valence-electron chi connectivity index (χ3n) is 15.5. The van der Waals surface area contributed by atoms with Crippen LogP contribution in [0.25, 0.3) is 0 Å². The number of epoxide rings is 1. The number of nitrogens with one attached hydrogen (secondary N) is 5. The van der Waals surface area contributed by atoms with Gasteiger partial charge in [-0.2, -0.15) is 0 Å². The Morgan fingerprint density at radius 1 is 1.00 bits per heavy atom. The van der Waals surface area contributed by atoms with E-state index in [0.717, 1.165) is 11.1 Å². The van der Waals surface area contributed by atoms with Crippen molar-refractivity contribution in [3.05, 3.63) is 76.3 Å². The van der Waals surface area contributed by atoms with Crippen LogP contribution in [0.5, 0.6) is 5.75 Å². The molecule has 0 aliphatic carbocycles. The van der Waals surface area contributed by atoms with Crippen LogP contribution in [0, 0.1) is 11.8 Å². The summed E-state index contributed by atoms with van der Waals surface area (Å²) in [5.41, 5.74) is 4.48. The second-order valence-electron chi connectivity index (χ2n) is 22.5. The molecule has 0 radical (unpaired) electrons. The molecule has 3 aliphatic rings. The van der Waals surface area contributed by atoms with Gasteiger partial charge < -0.3 is 80.3 Å². The number of nitrogens with two attached hydrogens (primary N) is 1. The maximum atomic E-state index is 14.4. The van der Waals surface area contributed by atoms with Gasteiger partial charge in [0.25, 0.3) is 0 Å². The van der Waals surface area contributed by atoms with Crippen LogP contribution in [0.1, 0.15) is 97.6 Å². The van der Waals surface area contributed by atoms with Gasteiger partial charge in [0, 0.05) is 72.2 Å². The number of urea groups is 1. The zero-order valence-electron chi connectivity index (χ0n) is 50.7. The van der Waals surface area contributed by atoms with Gasteiger partial charge in [0.2, 0.25) is 29.5 Å². The van der Waals surface area contributed by atoms with Gasteiger partial charge in [-0.05, 0) is 87.8 Å². The molecule has 474 valence electrons. The van der Waals surface area contributed by atoms with Crippen LogP contribution in [-0.2, 0) is 65.5 Å². The van der Waals surface area contributed by atoms with Gasteiger partial charge in [-0.15, -0.1) is 0 Å². The molecule has 4 bridgehead atoms. The first-order valence-electron chi connectivity index (χ1n) is 28.4. The average Bonchev–Trinajstić information content (AvgIpc) is 1.60. The highest BCUT2D eigenvalue weighted by atomic mass is 35.5. The van der Waals surface area contributed by atoms with E-state index in [9.17, 15) is 53.4 Å². The number of hydrogen-bond donors (Lipinski definition) is 8. The van der Waals surface area contributed by atoms with E-state index in [2.05, 4.69) is 26.6 Å². The third-order valence-corrected chi connectivity index (χ3v) is 15.9. The summed E-state index contributed by atoms with van der Waals surface area (Å²) >= 11 is 6.80. The van der Waals surface area contributed by atoms with Gasteiger partial charge in [0.1, 0.15) is 59.4 Å². The van der Waals surface area contributed by atoms with Crippen molar-refractivity contribution in [3.63, 3.8) is 0 Å². The molecular formula is C59H84ClN9O17. The van der Waals surface area contributed by atoms with E-state index in [0.29, 0.717) is 29.1 Å². The highest BCUT2D eigenvalue weighted by Gasteiger charge is 2.64. The number of carbonyl (C=O) groups excluding carboxylic acids is 9. The number of anilines is 2. The van der Waals surface area contributed by atoms with Crippen LogP contribution < -0.4 is 42.0 Å². The van der Waals surface area contributed by atoms with Gasteiger partial charge >= 0.3 is 24.2 Å². The number of methoxy groups -OCH3 is 2. The predicted molar refractivity (Wildman–Crippen MR) is 315 cm³/mol. The van der Waals surface area contributed by atoms with Gasteiger partial charge in [-0.25, -0.2) is 19.2 Å². The molecule has 1 unspecified atom stereocenters. The largest absolute Gasteiger partial charge is 0.495 e. The number of likely N-dealkylation sites (N-methyl/N-ethyl adjacent to an activating group) is 1. The molecule has 0 spiro atoms. The van der Waals surface area contributed by atoms with Crippen LogP contribution in [-0.4, -0.2) is 183 Å². The van der Waals surface area contributed by atoms with Crippen LogP contribution in [0.3, 0.4) is 0 Å². The van der Waals surface area contributed by atoms with Crippen molar-refractivity contribution in [2.45, 2.75) is 153 Å². The Labute approximate surface area is 506 Å². The smallest absolute Gasteiger partial charge is 0.409 e. The van der Waals surface area contributed by atoms with Crippen molar-refractivity contribution < 1.29 is 81.8 Å². The third kappa shape index (κ3) is 19.0. The number of aliphatic hydroxyl groups excluding tert-OH is 1. The molecule has 3 aliphatic heterocycles. The number of hydrogen-bond acceptors (Lipinski definition) is 17. The summed E-state index contributed by atoms with van der Waals surface area (Å²) in [5.74, 6) is -4.08. The van der Waals surface area contributed by atoms with Gasteiger partial charge in [-0.1, -0.05) is 68.3 Å². The fraction of sp³-hybridized carbons (Fsp3) is 0.576. The first kappa shape index (κ1) is 69.3. The van der Waals surface area contributed by atoms with Crippen LogP contribution >= 0.6 is 11.6 Å². The molecule has 2 saturated heterocycles. The normalized spacial score (nSPS) is 24.1. The van der Waals surface area contributed by atoms with Crippen molar-refractivity contribution >= 4 is 76.7 Å². The van der Waals surface area contributed by atoms with Crippen LogP contribution in [0.4, 0.5) is 25.8 Å². The Balaban J connectivity index is 1.18. The number of halogens is 1. The van der Waals surface area contributed by atoms with Crippen molar-refractivity contribution in [2.24, 2.45) is 17.6 Å². The molecule has 2 fully saturated rings. The van der Waals surface area contributed by atoms with Crippen molar-refractivity contribution in [1.82, 2.24) is 31.1 Å². The van der Waals surface area contributed by atoms with E-state index in [1.807, 2.05) is 6.92 Å². The summed E-state index contributed by atoms with van der Waals surface area (Å²) in [6, 6.07) is 5.94. The minimum absolute atomic E-state index is 0.0377. The fourth-order valence-electron chi connectivity index (χ4n) is 9.88. The monoisotopic (exact) mass is 1230 g/mol. The molecule has 5 rings (SSSR count). The van der Waals surface area contributed by atoms with Gasteiger partial charge in [0.15, 0.2) is 5.72 Å². The van der Waals surface area contributed by atoms with Crippen molar-refractivity contribution in [1.29, 1.82) is 0 Å². The van der Waals surface area contributed by atoms with Gasteiger partial charge in [0.05, 0.1) is 31.9 Å². The molecule has 26 nitrogen and oxygen atoms in total. The number of alkyl carbamates (subject to hydrolysis) is 1. The number of ether oxygens (including phenoxy) is 6. The Kier molecular flexibility index (Phi) is 25.1. The summed E-state index contributed by atoms with van der Waals surface area (Å²) in [6.45, 7) is 10.4. The number of rotatable bonds is 23. The standard InChI is InChI=1S/C59H84ClN9O17/c1-33(2)50(65-46(71)23-26-81-10)53(75)64-40(16-13-24-62-55(61)77)52(74)63-39-21-19-37(20-22-39)32-83-57(79)67(7)25-14-18-47(72)68(8)36(5)54(76)85-45-30-48(73)69(9)41-28-38(29-42(82-11)49(41)60)27-34(3)15-12-17-44(70)59(80)31-43(84-56(78)66-59)35(4)51-58(45,6)86-51/h12,15,17,19-22,28-29,33,35-36,40,43-45,50-51,70,80H,13-14,16,18,23-27,30-32H2,1-11H3,(H,63,74)(H,64,75)(H,65,71)(H,66,78)(H3,61,62,77)/b17-12+,34-15+/t35-,36+,40+,43+,44-,45+,50+,51?,58+,59+/m1/s1. The highest BCUT2D eigenvalue weighted by molar-refractivity contribution is 6.35. The number of aliphatic hydroxyl groups is 2. The maximum Gasteiger partial charge on any atom is 0.409 e. The van der Waals surface area contributed by atoms with Gasteiger partial charge in [-0.3, -0.25) is 29.3 Å². The minimum Gasteiger partial charge on any atom is -0.495 e. The van der Waals surface area contributed by atoms with Crippen LogP contribution in [0.15, 0.2) is 60.2 Å². The number of fused-ring (bicyclic) bond motifs is 5. The number of primary amides is 1. The summed E-state index contributed by atoms with van der Waals surface area (Å²) in [5, 5.41) is 35.8. The number of benzene rings is 2. The van der Waals surface area contributed by atoms with Crippen molar-refractivity contribution in [3.8, 4) is 5.75 Å². The summed E-state index contributed by atoms with van der Waals surface area (Å²) in [6.07, 6.45) is -1.46. The lowest BCUT2D eigenvalue weighted by Crippen LogP contribution is -2.63. The predicted octanol–water partition coefficient (Wildman–Crippen LogP) is 3.96. The van der Waals surface area contributed by atoms with E-state index < -0.39 is 120 Å². The van der Waals surface area contributed by atoms with E-state index in [1.54, 1.807) is 76.2 Å². The number of carbonyl (C=O) groups is 9. The number of amides is 9. The molecule has 86 heavy (non-hydrogen) atoms. The Bertz CT molecular complexity index is 2840. The minimum atomic E-state index is -2.13. The molecule has 0 aromatic heterocycles. The average molecular weight is 1230 g/mol. The topological polar surface area (TPSA) is 349 Å². The first-order chi connectivity index (χ1) is 40.5. The molecule has 2 aromatic carbocycles.